The highest BCUT2D eigenvalue weighted by atomic mass is 32.2. The molecule has 0 fully saturated rings. The fraction of sp³-hybridized carbons (Fsp3) is 0.421. The van der Waals surface area contributed by atoms with Crippen LogP contribution in [0, 0.1) is 13.8 Å². The van der Waals surface area contributed by atoms with Crippen molar-refractivity contribution in [1.29, 1.82) is 0 Å². The summed E-state index contributed by atoms with van der Waals surface area (Å²) < 4.78 is 26.7. The molecule has 28 heavy (non-hydrogen) atoms. The Morgan fingerprint density at radius 3 is 2.61 bits per heavy atom. The standard InChI is InChI=1S/C19H23N3O5S/c1-5-22-19(24)14(10-20-22)17(23)13-9-11(3)18-16(12(13)4)15(21-27-6-2)7-8-28(18,25)26/h9-10,20H,5-8H2,1-4H3. The predicted octanol–water partition coefficient (Wildman–Crippen LogP) is 1.96. The number of ketones is 1. The number of nitrogens with one attached hydrogen (secondary N) is 1. The number of carbonyl (C=O) groups excluding carboxylic acids is 1. The maximum Gasteiger partial charge on any atom is 0.277 e. The first-order chi connectivity index (χ1) is 13.2. The first-order valence-electron chi connectivity index (χ1n) is 9.12. The fourth-order valence-corrected chi connectivity index (χ4v) is 5.32. The summed E-state index contributed by atoms with van der Waals surface area (Å²) in [6.45, 7) is 7.67. The van der Waals surface area contributed by atoms with Gasteiger partial charge in [-0.05, 0) is 44.9 Å². The number of hydrogen-bond donors (Lipinski definition) is 1. The van der Waals surface area contributed by atoms with E-state index in [1.54, 1.807) is 33.8 Å². The van der Waals surface area contributed by atoms with E-state index in [0.29, 0.717) is 35.6 Å². The van der Waals surface area contributed by atoms with Crippen LogP contribution in [0.15, 0.2) is 27.1 Å². The molecule has 1 aliphatic rings. The highest BCUT2D eigenvalue weighted by Crippen LogP contribution is 2.33. The van der Waals surface area contributed by atoms with Gasteiger partial charge in [-0.2, -0.15) is 0 Å². The minimum Gasteiger partial charge on any atom is -0.396 e. The molecule has 8 nitrogen and oxygen atoms in total. The van der Waals surface area contributed by atoms with Crippen LogP contribution >= 0.6 is 0 Å². The number of H-pyrrole nitrogens is 1. The maximum atomic E-state index is 13.1. The Kier molecular flexibility index (Phi) is 5.29. The lowest BCUT2D eigenvalue weighted by molar-refractivity contribution is 0.103. The van der Waals surface area contributed by atoms with Crippen LogP contribution in [0.2, 0.25) is 0 Å². The number of aryl methyl sites for hydroxylation is 2. The molecule has 3 rings (SSSR count). The third-order valence-electron chi connectivity index (χ3n) is 4.88. The molecule has 0 bridgehead atoms. The molecule has 0 amide bonds. The second-order valence-electron chi connectivity index (χ2n) is 6.66. The molecule has 0 saturated carbocycles. The normalized spacial score (nSPS) is 16.8. The maximum absolute atomic E-state index is 13.1. The van der Waals surface area contributed by atoms with Gasteiger partial charge in [0, 0.05) is 30.3 Å². The molecule has 1 aromatic heterocycles. The first-order valence-corrected chi connectivity index (χ1v) is 10.8. The summed E-state index contributed by atoms with van der Waals surface area (Å²) in [4.78, 5) is 30.8. The van der Waals surface area contributed by atoms with Crippen LogP contribution in [0.25, 0.3) is 0 Å². The van der Waals surface area contributed by atoms with E-state index in [1.165, 1.54) is 10.9 Å². The summed E-state index contributed by atoms with van der Waals surface area (Å²) >= 11 is 0. The number of sulfone groups is 1. The zero-order valence-electron chi connectivity index (χ0n) is 16.3. The second-order valence-corrected chi connectivity index (χ2v) is 8.71. The third-order valence-corrected chi connectivity index (χ3v) is 6.77. The fourth-order valence-electron chi connectivity index (χ4n) is 3.52. The highest BCUT2D eigenvalue weighted by molar-refractivity contribution is 7.91. The van der Waals surface area contributed by atoms with Gasteiger partial charge in [-0.1, -0.05) is 5.16 Å². The number of oxime groups is 1. The van der Waals surface area contributed by atoms with Crippen molar-refractivity contribution < 1.29 is 18.0 Å². The molecule has 0 spiro atoms. The minimum absolute atomic E-state index is 0.0197. The van der Waals surface area contributed by atoms with Crippen molar-refractivity contribution in [3.8, 4) is 0 Å². The van der Waals surface area contributed by atoms with Crippen LogP contribution in [-0.4, -0.2) is 42.1 Å². The van der Waals surface area contributed by atoms with E-state index in [2.05, 4.69) is 10.3 Å². The van der Waals surface area contributed by atoms with Crippen LogP contribution in [0.5, 0.6) is 0 Å². The topological polar surface area (TPSA) is 111 Å². The number of hydrogen-bond acceptors (Lipinski definition) is 6. The quantitative estimate of drug-likeness (QED) is 0.604. The summed E-state index contributed by atoms with van der Waals surface area (Å²) in [5, 5.41) is 6.85. The Bertz CT molecular complexity index is 1140. The molecule has 0 aliphatic carbocycles. The van der Waals surface area contributed by atoms with Gasteiger partial charge in [0.05, 0.1) is 16.4 Å². The molecule has 150 valence electrons. The second kappa shape index (κ2) is 7.38. The molecule has 0 atom stereocenters. The van der Waals surface area contributed by atoms with E-state index >= 15 is 0 Å². The molecule has 2 aromatic rings. The molecular formula is C19H23N3O5S. The van der Waals surface area contributed by atoms with E-state index in [9.17, 15) is 18.0 Å². The van der Waals surface area contributed by atoms with E-state index in [1.807, 2.05) is 0 Å². The Balaban J connectivity index is 2.26. The summed E-state index contributed by atoms with van der Waals surface area (Å²) in [6.07, 6.45) is 1.59. The van der Waals surface area contributed by atoms with Gasteiger partial charge < -0.3 is 9.94 Å². The first kappa shape index (κ1) is 20.1. The van der Waals surface area contributed by atoms with E-state index in [0.717, 1.165) is 0 Å². The lowest BCUT2D eigenvalue weighted by Crippen LogP contribution is -2.27. The number of nitrogens with zero attached hydrogens (tertiary/aromatic N) is 2. The van der Waals surface area contributed by atoms with Crippen molar-refractivity contribution in [2.75, 3.05) is 12.4 Å². The Hall–Kier alpha value is -2.68. The monoisotopic (exact) mass is 405 g/mol. The molecule has 0 radical (unpaired) electrons. The summed E-state index contributed by atoms with van der Waals surface area (Å²) in [5.74, 6) is -0.506. The number of carbonyl (C=O) groups is 1. The van der Waals surface area contributed by atoms with Crippen molar-refractivity contribution in [2.24, 2.45) is 5.16 Å². The Labute approximate surface area is 163 Å². The smallest absolute Gasteiger partial charge is 0.277 e. The molecule has 1 aromatic carbocycles. The van der Waals surface area contributed by atoms with Crippen LogP contribution in [0.3, 0.4) is 0 Å². The number of benzene rings is 1. The number of fused-ring (bicyclic) bond motifs is 1. The molecule has 2 heterocycles. The summed E-state index contributed by atoms with van der Waals surface area (Å²) in [6, 6.07) is 1.54. The van der Waals surface area contributed by atoms with E-state index in [4.69, 9.17) is 4.84 Å². The van der Waals surface area contributed by atoms with Crippen molar-refractivity contribution >= 4 is 21.3 Å². The van der Waals surface area contributed by atoms with Gasteiger partial charge in [0.1, 0.15) is 12.2 Å². The third kappa shape index (κ3) is 3.19. The highest BCUT2D eigenvalue weighted by Gasteiger charge is 2.34. The molecule has 1 N–H and O–H groups in total. The molecule has 9 heteroatoms. The van der Waals surface area contributed by atoms with Crippen LogP contribution in [0.4, 0.5) is 0 Å². The van der Waals surface area contributed by atoms with Crippen LogP contribution in [0.1, 0.15) is 52.9 Å². The Morgan fingerprint density at radius 1 is 1.29 bits per heavy atom. The van der Waals surface area contributed by atoms with E-state index < -0.39 is 21.2 Å². The molecule has 1 aliphatic heterocycles. The van der Waals surface area contributed by atoms with Crippen molar-refractivity contribution in [3.05, 3.63) is 50.4 Å². The van der Waals surface area contributed by atoms with E-state index in [-0.39, 0.29) is 28.2 Å². The average Bonchev–Trinajstić information content (AvgIpc) is 3.03. The Morgan fingerprint density at radius 2 is 2.00 bits per heavy atom. The van der Waals surface area contributed by atoms with Gasteiger partial charge in [-0.25, -0.2) is 8.42 Å². The van der Waals surface area contributed by atoms with Gasteiger partial charge in [-0.3, -0.25) is 14.3 Å². The lowest BCUT2D eigenvalue weighted by Gasteiger charge is -2.23. The summed E-state index contributed by atoms with van der Waals surface area (Å²) in [7, 11) is -3.49. The number of aromatic amines is 1. The lowest BCUT2D eigenvalue weighted by atomic mass is 9.91. The van der Waals surface area contributed by atoms with Crippen molar-refractivity contribution in [3.63, 3.8) is 0 Å². The van der Waals surface area contributed by atoms with Gasteiger partial charge in [0.15, 0.2) is 15.6 Å². The zero-order valence-corrected chi connectivity index (χ0v) is 17.1. The molecule has 0 saturated heterocycles. The SMILES string of the molecule is CCON=C1CCS(=O)(=O)c2c(C)cc(C(=O)c3c[nH]n(CC)c3=O)c(C)c21. The van der Waals surface area contributed by atoms with Gasteiger partial charge in [-0.15, -0.1) is 0 Å². The van der Waals surface area contributed by atoms with Crippen molar-refractivity contribution in [1.82, 2.24) is 9.78 Å². The largest absolute Gasteiger partial charge is 0.396 e. The number of rotatable bonds is 5. The van der Waals surface area contributed by atoms with Crippen molar-refractivity contribution in [2.45, 2.75) is 45.6 Å². The average molecular weight is 405 g/mol. The van der Waals surface area contributed by atoms with Gasteiger partial charge >= 0.3 is 0 Å². The van der Waals surface area contributed by atoms with Crippen LogP contribution < -0.4 is 5.56 Å². The minimum atomic E-state index is -3.49. The summed E-state index contributed by atoms with van der Waals surface area (Å²) in [5.41, 5.74) is 1.76. The molecule has 0 unspecified atom stereocenters. The van der Waals surface area contributed by atoms with Crippen LogP contribution in [-0.2, 0) is 21.2 Å². The van der Waals surface area contributed by atoms with Gasteiger partial charge in [0.25, 0.3) is 5.56 Å². The predicted molar refractivity (Wildman–Crippen MR) is 105 cm³/mol. The zero-order chi connectivity index (χ0) is 20.6. The molecular weight excluding hydrogens is 382 g/mol. The van der Waals surface area contributed by atoms with Gasteiger partial charge in [0.2, 0.25) is 0 Å². The number of aromatic nitrogens is 2.